The van der Waals surface area contributed by atoms with Gasteiger partial charge in [-0.3, -0.25) is 4.90 Å². The molecule has 0 aromatic carbocycles. The Morgan fingerprint density at radius 1 is 1.36 bits per heavy atom. The summed E-state index contributed by atoms with van der Waals surface area (Å²) in [5.41, 5.74) is 1.22. The van der Waals surface area contributed by atoms with Gasteiger partial charge in [0.15, 0.2) is 0 Å². The molecule has 2 aromatic heterocycles. The highest BCUT2D eigenvalue weighted by atomic mass is 32.1. The second-order valence-electron chi connectivity index (χ2n) is 5.60. The Morgan fingerprint density at radius 3 is 2.82 bits per heavy atom. The Kier molecular flexibility index (Phi) is 4.54. The van der Waals surface area contributed by atoms with Gasteiger partial charge in [0.1, 0.15) is 5.82 Å². The fourth-order valence-corrected chi connectivity index (χ4v) is 3.39. The third-order valence-corrected chi connectivity index (χ3v) is 4.81. The fourth-order valence-electron chi connectivity index (χ4n) is 2.68. The van der Waals surface area contributed by atoms with Gasteiger partial charge in [0, 0.05) is 56.0 Å². The number of aryl methyl sites for hydroxylation is 1. The molecule has 2 aromatic rings. The van der Waals surface area contributed by atoms with Crippen LogP contribution < -0.4 is 9.64 Å². The summed E-state index contributed by atoms with van der Waals surface area (Å²) in [6.07, 6.45) is 1.89. The molecule has 1 aliphatic heterocycles. The lowest BCUT2D eigenvalue weighted by atomic mass is 10.1. The normalized spacial score (nSPS) is 19.4. The van der Waals surface area contributed by atoms with Crippen molar-refractivity contribution in [3.05, 3.63) is 29.7 Å². The molecule has 0 spiro atoms. The zero-order valence-electron chi connectivity index (χ0n) is 13.2. The summed E-state index contributed by atoms with van der Waals surface area (Å²) >= 11 is 1.49. The third-order valence-electron chi connectivity index (χ3n) is 3.94. The van der Waals surface area contributed by atoms with Crippen molar-refractivity contribution in [1.29, 1.82) is 0 Å². The zero-order valence-corrected chi connectivity index (χ0v) is 14.0. The van der Waals surface area contributed by atoms with Gasteiger partial charge in [-0.15, -0.1) is 0 Å². The van der Waals surface area contributed by atoms with Gasteiger partial charge in [0.05, 0.1) is 7.11 Å². The van der Waals surface area contributed by atoms with E-state index in [1.54, 1.807) is 7.11 Å². The third kappa shape index (κ3) is 3.36. The minimum absolute atomic E-state index is 0.472. The summed E-state index contributed by atoms with van der Waals surface area (Å²) in [6, 6.07) is 4.47. The highest BCUT2D eigenvalue weighted by Crippen LogP contribution is 2.22. The van der Waals surface area contributed by atoms with Crippen molar-refractivity contribution >= 4 is 16.7 Å². The second-order valence-corrected chi connectivity index (χ2v) is 6.33. The number of hydrogen-bond acceptors (Lipinski definition) is 7. The van der Waals surface area contributed by atoms with Crippen LogP contribution in [-0.4, -0.2) is 52.0 Å². The lowest BCUT2D eigenvalue weighted by Crippen LogP contribution is -2.51. The van der Waals surface area contributed by atoms with Gasteiger partial charge in [-0.25, -0.2) is 9.97 Å². The average Bonchev–Trinajstić information content (AvgIpc) is 2.96. The number of pyridine rings is 1. The predicted octanol–water partition coefficient (Wildman–Crippen LogP) is 1.96. The van der Waals surface area contributed by atoms with Crippen LogP contribution in [0.4, 0.5) is 5.13 Å². The van der Waals surface area contributed by atoms with E-state index >= 15 is 0 Å². The molecule has 22 heavy (non-hydrogen) atoms. The first-order chi connectivity index (χ1) is 10.7. The van der Waals surface area contributed by atoms with Crippen LogP contribution in [-0.2, 0) is 6.54 Å². The van der Waals surface area contributed by atoms with Crippen LogP contribution in [0.25, 0.3) is 0 Å². The number of ether oxygens (including phenoxy) is 1. The van der Waals surface area contributed by atoms with Crippen molar-refractivity contribution in [2.75, 3.05) is 31.6 Å². The fraction of sp³-hybridized carbons (Fsp3) is 0.533. The molecule has 7 heteroatoms. The molecule has 1 saturated heterocycles. The first-order valence-electron chi connectivity index (χ1n) is 7.44. The predicted molar refractivity (Wildman–Crippen MR) is 87.5 cm³/mol. The Hall–Kier alpha value is -1.73. The maximum Gasteiger partial charge on any atom is 0.212 e. The Bertz CT molecular complexity index is 615. The van der Waals surface area contributed by atoms with Gasteiger partial charge < -0.3 is 9.64 Å². The molecule has 0 radical (unpaired) electrons. The molecule has 118 valence electrons. The molecule has 0 aliphatic carbocycles. The van der Waals surface area contributed by atoms with Crippen LogP contribution in [0.15, 0.2) is 18.3 Å². The van der Waals surface area contributed by atoms with Gasteiger partial charge in [-0.05, 0) is 19.4 Å². The highest BCUT2D eigenvalue weighted by molar-refractivity contribution is 7.09. The second kappa shape index (κ2) is 6.58. The smallest absolute Gasteiger partial charge is 0.212 e. The largest absolute Gasteiger partial charge is 0.481 e. The number of nitrogens with zero attached hydrogens (tertiary/aromatic N) is 5. The molecular weight excluding hydrogens is 298 g/mol. The first-order valence-corrected chi connectivity index (χ1v) is 8.21. The Morgan fingerprint density at radius 2 is 2.23 bits per heavy atom. The van der Waals surface area contributed by atoms with E-state index in [2.05, 4.69) is 37.1 Å². The molecule has 0 amide bonds. The van der Waals surface area contributed by atoms with Gasteiger partial charge in [0.2, 0.25) is 11.0 Å². The van der Waals surface area contributed by atoms with Crippen molar-refractivity contribution in [3.63, 3.8) is 0 Å². The monoisotopic (exact) mass is 319 g/mol. The summed E-state index contributed by atoms with van der Waals surface area (Å²) in [5, 5.41) is 1.04. The summed E-state index contributed by atoms with van der Waals surface area (Å²) in [6.45, 7) is 8.11. The SMILES string of the molecule is COc1ccc(CN2CCN(c3nc(C)ns3)CC2C)cn1. The van der Waals surface area contributed by atoms with E-state index in [9.17, 15) is 0 Å². The number of anilines is 1. The quantitative estimate of drug-likeness (QED) is 0.859. The molecular formula is C15H21N5OS. The number of aromatic nitrogens is 3. The van der Waals surface area contributed by atoms with Gasteiger partial charge >= 0.3 is 0 Å². The summed E-state index contributed by atoms with van der Waals surface area (Å²) < 4.78 is 9.38. The maximum absolute atomic E-state index is 5.10. The lowest BCUT2D eigenvalue weighted by molar-refractivity contribution is 0.180. The van der Waals surface area contributed by atoms with Crippen molar-refractivity contribution in [1.82, 2.24) is 19.2 Å². The van der Waals surface area contributed by atoms with Crippen molar-refractivity contribution < 1.29 is 4.74 Å². The standard InChI is InChI=1S/C15H21N5OS/c1-11-9-20(15-17-12(2)18-22-15)7-6-19(11)10-13-4-5-14(21-3)16-8-13/h4-5,8,11H,6-7,9-10H2,1-3H3. The van der Waals surface area contributed by atoms with Crippen LogP contribution in [0.1, 0.15) is 18.3 Å². The summed E-state index contributed by atoms with van der Waals surface area (Å²) in [4.78, 5) is 13.6. The van der Waals surface area contributed by atoms with E-state index in [1.165, 1.54) is 17.1 Å². The number of hydrogen-bond donors (Lipinski definition) is 0. The van der Waals surface area contributed by atoms with Crippen molar-refractivity contribution in [2.24, 2.45) is 0 Å². The zero-order chi connectivity index (χ0) is 15.5. The molecule has 3 heterocycles. The van der Waals surface area contributed by atoms with Gasteiger partial charge in [-0.2, -0.15) is 4.37 Å². The molecule has 3 rings (SSSR count). The molecule has 1 unspecified atom stereocenters. The molecule has 1 atom stereocenters. The van der Waals surface area contributed by atoms with Crippen LogP contribution in [0.5, 0.6) is 5.88 Å². The minimum Gasteiger partial charge on any atom is -0.481 e. The number of piperazine rings is 1. The topological polar surface area (TPSA) is 54.4 Å². The average molecular weight is 319 g/mol. The van der Waals surface area contributed by atoms with Crippen molar-refractivity contribution in [2.45, 2.75) is 26.4 Å². The molecule has 0 saturated carbocycles. The van der Waals surface area contributed by atoms with E-state index in [0.29, 0.717) is 11.9 Å². The lowest BCUT2D eigenvalue weighted by Gasteiger charge is -2.39. The molecule has 6 nitrogen and oxygen atoms in total. The van der Waals surface area contributed by atoms with Crippen LogP contribution >= 0.6 is 11.5 Å². The van der Waals surface area contributed by atoms with E-state index in [4.69, 9.17) is 4.74 Å². The highest BCUT2D eigenvalue weighted by Gasteiger charge is 2.25. The Balaban J connectivity index is 1.60. The van der Waals surface area contributed by atoms with Crippen LogP contribution in [0.3, 0.4) is 0 Å². The number of methoxy groups -OCH3 is 1. The maximum atomic E-state index is 5.10. The van der Waals surface area contributed by atoms with Gasteiger partial charge in [0.25, 0.3) is 0 Å². The molecule has 1 aliphatic rings. The van der Waals surface area contributed by atoms with Crippen molar-refractivity contribution in [3.8, 4) is 5.88 Å². The molecule has 1 fully saturated rings. The van der Waals surface area contributed by atoms with E-state index in [1.807, 2.05) is 19.2 Å². The van der Waals surface area contributed by atoms with E-state index < -0.39 is 0 Å². The van der Waals surface area contributed by atoms with E-state index in [0.717, 1.165) is 37.1 Å². The number of rotatable bonds is 4. The Labute approximate surface area is 134 Å². The van der Waals surface area contributed by atoms with Gasteiger partial charge in [-0.1, -0.05) is 6.07 Å². The van der Waals surface area contributed by atoms with Crippen LogP contribution in [0, 0.1) is 6.92 Å². The first kappa shape index (κ1) is 15.2. The minimum atomic E-state index is 0.472. The van der Waals surface area contributed by atoms with Crippen LogP contribution in [0.2, 0.25) is 0 Å². The molecule has 0 N–H and O–H groups in total. The summed E-state index contributed by atoms with van der Waals surface area (Å²) in [5.74, 6) is 1.52. The van der Waals surface area contributed by atoms with E-state index in [-0.39, 0.29) is 0 Å². The summed E-state index contributed by atoms with van der Waals surface area (Å²) in [7, 11) is 1.64. The molecule has 0 bridgehead atoms.